The quantitative estimate of drug-likeness (QED) is 0.410. The molecule has 2 fully saturated rings. The molecule has 0 saturated carbocycles. The van der Waals surface area contributed by atoms with Crippen LogP contribution >= 0.6 is 0 Å². The van der Waals surface area contributed by atoms with Gasteiger partial charge >= 0.3 is 12.2 Å². The summed E-state index contributed by atoms with van der Waals surface area (Å²) in [5.74, 6) is -0.792. The highest BCUT2D eigenvalue weighted by molar-refractivity contribution is 5.74. The largest absolute Gasteiger partial charge is 0.420 e. The van der Waals surface area contributed by atoms with Gasteiger partial charge in [-0.25, -0.2) is 4.79 Å². The average molecular weight is 483 g/mol. The molecule has 2 aliphatic heterocycles. The minimum absolute atomic E-state index is 0.0374. The topological polar surface area (TPSA) is 99.4 Å². The molecule has 3 aromatic heterocycles. The predicted octanol–water partition coefficient (Wildman–Crippen LogP) is 3.60. The molecule has 11 heteroatoms. The molecular formula is C24H23F2N5O4. The lowest BCUT2D eigenvalue weighted by Gasteiger charge is -2.41. The van der Waals surface area contributed by atoms with Gasteiger partial charge in [-0.3, -0.25) is 14.5 Å². The molecule has 0 bridgehead atoms. The van der Waals surface area contributed by atoms with E-state index in [1.54, 1.807) is 12.1 Å². The fraction of sp³-hybridized carbons (Fsp3) is 0.417. The molecule has 0 radical (unpaired) electrons. The summed E-state index contributed by atoms with van der Waals surface area (Å²) in [6, 6.07) is 9.87. The summed E-state index contributed by atoms with van der Waals surface area (Å²) in [7, 11) is 0. The number of nitrogens with zero attached hydrogens (tertiary/aromatic N) is 5. The number of hydrogen-bond donors (Lipinski definition) is 0. The van der Waals surface area contributed by atoms with Crippen molar-refractivity contribution in [2.24, 2.45) is 0 Å². The Morgan fingerprint density at radius 2 is 1.89 bits per heavy atom. The van der Waals surface area contributed by atoms with Crippen molar-refractivity contribution in [2.75, 3.05) is 26.3 Å². The number of pyridine rings is 1. The van der Waals surface area contributed by atoms with E-state index >= 15 is 0 Å². The molecule has 0 aliphatic carbocycles. The molecule has 182 valence electrons. The van der Waals surface area contributed by atoms with Crippen LogP contribution < -0.4 is 5.76 Å². The van der Waals surface area contributed by atoms with Crippen LogP contribution in [0.4, 0.5) is 8.78 Å². The average Bonchev–Trinajstić information content (AvgIpc) is 3.44. The van der Waals surface area contributed by atoms with Gasteiger partial charge in [-0.1, -0.05) is 6.07 Å². The maximum absolute atomic E-state index is 12.7. The molecule has 0 amide bonds. The standard InChI is InChI=1S/C24H23F2N5O4/c25-21(26)23-29-28-22(35-23)16-1-3-17(27-10-16)11-31-19-4-2-15(9-20(19)34-24(31)32)14-5-7-30(8-6-14)18-12-33-13-18/h1-4,9-10,14,18,21H,5-8,11-13H2. The zero-order valence-corrected chi connectivity index (χ0v) is 18.8. The third-order valence-corrected chi connectivity index (χ3v) is 6.85. The molecule has 0 spiro atoms. The zero-order valence-electron chi connectivity index (χ0n) is 18.8. The van der Waals surface area contributed by atoms with E-state index in [-0.39, 0.29) is 12.4 Å². The van der Waals surface area contributed by atoms with E-state index in [0.29, 0.717) is 34.3 Å². The lowest BCUT2D eigenvalue weighted by molar-refractivity contribution is -0.0712. The second-order valence-electron chi connectivity index (χ2n) is 8.97. The second-order valence-corrected chi connectivity index (χ2v) is 8.97. The van der Waals surface area contributed by atoms with Crippen LogP contribution in [0.5, 0.6) is 0 Å². The third kappa shape index (κ3) is 4.25. The lowest BCUT2D eigenvalue weighted by atomic mass is 9.88. The zero-order chi connectivity index (χ0) is 23.9. The molecule has 4 aromatic rings. The maximum Gasteiger partial charge on any atom is 0.420 e. The van der Waals surface area contributed by atoms with E-state index < -0.39 is 18.1 Å². The van der Waals surface area contributed by atoms with Crippen molar-refractivity contribution < 1.29 is 22.4 Å². The van der Waals surface area contributed by atoms with Gasteiger partial charge in [-0.2, -0.15) is 8.78 Å². The van der Waals surface area contributed by atoms with Gasteiger partial charge in [0.2, 0.25) is 5.89 Å². The van der Waals surface area contributed by atoms with Gasteiger partial charge in [0, 0.05) is 6.20 Å². The summed E-state index contributed by atoms with van der Waals surface area (Å²) in [6.45, 7) is 3.99. The number of halogens is 2. The summed E-state index contributed by atoms with van der Waals surface area (Å²) in [5, 5.41) is 6.94. The van der Waals surface area contributed by atoms with Crippen LogP contribution in [0.15, 0.2) is 50.2 Å². The summed E-state index contributed by atoms with van der Waals surface area (Å²) < 4.78 is 42.7. The van der Waals surface area contributed by atoms with E-state index in [0.717, 1.165) is 39.1 Å². The Bertz CT molecular complexity index is 1390. The van der Waals surface area contributed by atoms with Crippen LogP contribution in [0.25, 0.3) is 22.6 Å². The number of fused-ring (bicyclic) bond motifs is 1. The van der Waals surface area contributed by atoms with Crippen LogP contribution in [0.2, 0.25) is 0 Å². The highest BCUT2D eigenvalue weighted by atomic mass is 19.3. The smallest absolute Gasteiger partial charge is 0.415 e. The summed E-state index contributed by atoms with van der Waals surface area (Å²) in [6.07, 6.45) is 0.760. The molecule has 0 unspecified atom stereocenters. The Labute approximate surface area is 198 Å². The molecule has 9 nitrogen and oxygen atoms in total. The molecule has 2 aliphatic rings. The Kier molecular flexibility index (Phi) is 5.65. The first-order valence-electron chi connectivity index (χ1n) is 11.6. The molecule has 5 heterocycles. The molecule has 0 N–H and O–H groups in total. The van der Waals surface area contributed by atoms with Gasteiger partial charge in [-0.15, -0.1) is 10.2 Å². The van der Waals surface area contributed by atoms with E-state index in [4.69, 9.17) is 13.6 Å². The van der Waals surface area contributed by atoms with Crippen LogP contribution in [-0.2, 0) is 11.3 Å². The monoisotopic (exact) mass is 483 g/mol. The van der Waals surface area contributed by atoms with Crippen LogP contribution in [0.1, 0.15) is 42.3 Å². The van der Waals surface area contributed by atoms with Crippen molar-refractivity contribution in [3.05, 3.63) is 64.2 Å². The fourth-order valence-corrected chi connectivity index (χ4v) is 4.76. The number of rotatable bonds is 6. The molecule has 2 saturated heterocycles. The molecule has 0 atom stereocenters. The van der Waals surface area contributed by atoms with Crippen molar-refractivity contribution in [2.45, 2.75) is 37.8 Å². The third-order valence-electron chi connectivity index (χ3n) is 6.85. The highest BCUT2D eigenvalue weighted by Gasteiger charge is 2.30. The first-order chi connectivity index (χ1) is 17.0. The number of hydrogen-bond acceptors (Lipinski definition) is 8. The van der Waals surface area contributed by atoms with Crippen molar-refractivity contribution >= 4 is 11.1 Å². The van der Waals surface area contributed by atoms with Gasteiger partial charge in [0.15, 0.2) is 5.58 Å². The number of alkyl halides is 2. The van der Waals surface area contributed by atoms with Crippen molar-refractivity contribution in [1.82, 2.24) is 24.6 Å². The highest BCUT2D eigenvalue weighted by Crippen LogP contribution is 2.32. The lowest BCUT2D eigenvalue weighted by Crippen LogP contribution is -2.51. The van der Waals surface area contributed by atoms with E-state index in [9.17, 15) is 13.6 Å². The van der Waals surface area contributed by atoms with Crippen molar-refractivity contribution in [3.63, 3.8) is 0 Å². The Morgan fingerprint density at radius 3 is 2.54 bits per heavy atom. The number of aromatic nitrogens is 4. The van der Waals surface area contributed by atoms with Crippen LogP contribution in [0.3, 0.4) is 0 Å². The minimum atomic E-state index is -2.83. The molecule has 35 heavy (non-hydrogen) atoms. The molecule has 1 aromatic carbocycles. The summed E-state index contributed by atoms with van der Waals surface area (Å²) >= 11 is 0. The number of likely N-dealkylation sites (tertiary alicyclic amines) is 1. The second kappa shape index (κ2) is 8.97. The first kappa shape index (κ1) is 22.1. The van der Waals surface area contributed by atoms with Gasteiger partial charge < -0.3 is 13.6 Å². The summed E-state index contributed by atoms with van der Waals surface area (Å²) in [5.41, 5.74) is 3.46. The normalized spacial score (nSPS) is 17.9. The number of ether oxygens (including phenoxy) is 1. The van der Waals surface area contributed by atoms with Crippen LogP contribution in [-0.4, -0.2) is 57.0 Å². The number of benzene rings is 1. The Morgan fingerprint density at radius 1 is 1.06 bits per heavy atom. The van der Waals surface area contributed by atoms with Crippen molar-refractivity contribution in [1.29, 1.82) is 0 Å². The van der Waals surface area contributed by atoms with Gasteiger partial charge in [-0.05, 0) is 61.7 Å². The fourth-order valence-electron chi connectivity index (χ4n) is 4.76. The van der Waals surface area contributed by atoms with E-state index in [1.165, 1.54) is 16.3 Å². The van der Waals surface area contributed by atoms with Gasteiger partial charge in [0.05, 0.1) is 42.6 Å². The van der Waals surface area contributed by atoms with E-state index in [1.807, 2.05) is 12.1 Å². The summed E-state index contributed by atoms with van der Waals surface area (Å²) in [4.78, 5) is 19.4. The Balaban J connectivity index is 1.17. The van der Waals surface area contributed by atoms with Crippen LogP contribution in [0, 0.1) is 0 Å². The minimum Gasteiger partial charge on any atom is -0.415 e. The van der Waals surface area contributed by atoms with Gasteiger partial charge in [0.1, 0.15) is 0 Å². The molecule has 6 rings (SSSR count). The number of piperidine rings is 1. The molecular weight excluding hydrogens is 460 g/mol. The number of oxazole rings is 1. The maximum atomic E-state index is 12.7. The van der Waals surface area contributed by atoms with Crippen molar-refractivity contribution in [3.8, 4) is 11.5 Å². The van der Waals surface area contributed by atoms with Gasteiger partial charge in [0.25, 0.3) is 5.89 Å². The SMILES string of the molecule is O=c1oc2cc(C3CCN(C4COC4)CC3)ccc2n1Cc1ccc(-c2nnc(C(F)F)o2)cn1. The Hall–Kier alpha value is -3.44. The predicted molar refractivity (Wildman–Crippen MR) is 120 cm³/mol. The van der Waals surface area contributed by atoms with E-state index in [2.05, 4.69) is 26.1 Å². The first-order valence-corrected chi connectivity index (χ1v) is 11.6.